The second kappa shape index (κ2) is 9.78. The van der Waals surface area contributed by atoms with E-state index in [-0.39, 0.29) is 29.3 Å². The zero-order valence-electron chi connectivity index (χ0n) is 17.5. The first kappa shape index (κ1) is 22.4. The molecule has 0 unspecified atom stereocenters. The summed E-state index contributed by atoms with van der Waals surface area (Å²) in [5.74, 6) is -0.335. The maximum absolute atomic E-state index is 13.2. The van der Waals surface area contributed by atoms with Crippen molar-refractivity contribution in [2.75, 3.05) is 33.4 Å². The Hall–Kier alpha value is -2.79. The van der Waals surface area contributed by atoms with Crippen LogP contribution in [0.25, 0.3) is 0 Å². The number of hydrogen-bond donors (Lipinski definition) is 0. The quantitative estimate of drug-likeness (QED) is 0.548. The lowest BCUT2D eigenvalue weighted by molar-refractivity contribution is 0.0729. The average molecular weight is 474 g/mol. The molecule has 0 N–H and O–H groups in total. The molecule has 3 aromatic rings. The van der Waals surface area contributed by atoms with Gasteiger partial charge in [0.15, 0.2) is 4.80 Å². The Labute approximate surface area is 190 Å². The molecule has 2 heterocycles. The van der Waals surface area contributed by atoms with Gasteiger partial charge in [-0.1, -0.05) is 30.3 Å². The van der Waals surface area contributed by atoms with E-state index in [2.05, 4.69) is 4.99 Å². The first-order chi connectivity index (χ1) is 15.5. The van der Waals surface area contributed by atoms with Gasteiger partial charge in [-0.15, -0.1) is 11.3 Å². The van der Waals surface area contributed by atoms with E-state index >= 15 is 0 Å². The largest absolute Gasteiger partial charge is 0.495 e. The number of morpholine rings is 1. The highest BCUT2D eigenvalue weighted by Crippen LogP contribution is 2.28. The van der Waals surface area contributed by atoms with Gasteiger partial charge in [0.1, 0.15) is 10.6 Å². The van der Waals surface area contributed by atoms with Crippen molar-refractivity contribution in [1.29, 1.82) is 0 Å². The summed E-state index contributed by atoms with van der Waals surface area (Å²) in [5.41, 5.74) is 1.26. The van der Waals surface area contributed by atoms with Gasteiger partial charge >= 0.3 is 0 Å². The number of rotatable bonds is 6. The number of carbonyl (C=O) groups excluding carboxylic acids is 1. The average Bonchev–Trinajstić information content (AvgIpc) is 3.26. The number of aromatic nitrogens is 1. The Morgan fingerprint density at radius 2 is 1.91 bits per heavy atom. The van der Waals surface area contributed by atoms with Crippen LogP contribution in [-0.4, -0.2) is 56.6 Å². The molecular weight excluding hydrogens is 450 g/mol. The van der Waals surface area contributed by atoms with E-state index in [1.54, 1.807) is 0 Å². The van der Waals surface area contributed by atoms with Crippen LogP contribution < -0.4 is 9.54 Å². The van der Waals surface area contributed by atoms with Gasteiger partial charge in [-0.25, -0.2) is 8.42 Å². The highest BCUT2D eigenvalue weighted by Gasteiger charge is 2.30. The molecule has 4 rings (SSSR count). The maximum Gasteiger partial charge on any atom is 0.279 e. The highest BCUT2D eigenvalue weighted by molar-refractivity contribution is 7.89. The van der Waals surface area contributed by atoms with E-state index in [1.165, 1.54) is 41.0 Å². The van der Waals surface area contributed by atoms with Crippen molar-refractivity contribution < 1.29 is 22.7 Å². The SMILES string of the molecule is COc1ccc(C(=O)N=c2sccn2Cc2ccccc2)cc1S(=O)(=O)N1CCOCC1. The van der Waals surface area contributed by atoms with Crippen LogP contribution in [0.15, 0.2) is 70.0 Å². The fraction of sp³-hybridized carbons (Fsp3) is 0.273. The summed E-state index contributed by atoms with van der Waals surface area (Å²) in [6, 6.07) is 14.2. The number of carbonyl (C=O) groups is 1. The molecule has 1 fully saturated rings. The Morgan fingerprint density at radius 1 is 1.16 bits per heavy atom. The van der Waals surface area contributed by atoms with Crippen molar-refractivity contribution >= 4 is 27.3 Å². The molecule has 0 radical (unpaired) electrons. The molecule has 1 aliphatic rings. The molecule has 1 amide bonds. The topological polar surface area (TPSA) is 90.2 Å². The minimum atomic E-state index is -3.84. The number of sulfonamides is 1. The summed E-state index contributed by atoms with van der Waals surface area (Å²) in [7, 11) is -2.44. The van der Waals surface area contributed by atoms with Crippen LogP contribution in [0.4, 0.5) is 0 Å². The van der Waals surface area contributed by atoms with Gasteiger partial charge in [0.25, 0.3) is 5.91 Å². The van der Waals surface area contributed by atoms with E-state index < -0.39 is 15.9 Å². The van der Waals surface area contributed by atoms with E-state index in [0.717, 1.165) is 5.56 Å². The van der Waals surface area contributed by atoms with Crippen molar-refractivity contribution in [3.63, 3.8) is 0 Å². The predicted octanol–water partition coefficient (Wildman–Crippen LogP) is 2.37. The van der Waals surface area contributed by atoms with Crippen LogP contribution in [-0.2, 0) is 21.3 Å². The summed E-state index contributed by atoms with van der Waals surface area (Å²) in [5, 5.41) is 1.86. The zero-order chi connectivity index (χ0) is 22.6. The van der Waals surface area contributed by atoms with E-state index in [0.29, 0.717) is 24.6 Å². The third-order valence-corrected chi connectivity index (χ3v) is 7.77. The molecule has 0 saturated carbocycles. The molecule has 0 aliphatic carbocycles. The highest BCUT2D eigenvalue weighted by atomic mass is 32.2. The van der Waals surface area contributed by atoms with Gasteiger partial charge < -0.3 is 14.0 Å². The molecular formula is C22H23N3O5S2. The van der Waals surface area contributed by atoms with Crippen LogP contribution in [0, 0.1) is 0 Å². The lowest BCUT2D eigenvalue weighted by Gasteiger charge is -2.26. The normalized spacial score (nSPS) is 15.6. The number of benzene rings is 2. The molecule has 8 nitrogen and oxygen atoms in total. The molecule has 1 aliphatic heterocycles. The van der Waals surface area contributed by atoms with Gasteiger partial charge in [0.05, 0.1) is 20.3 Å². The fourth-order valence-corrected chi connectivity index (χ4v) is 5.69. The van der Waals surface area contributed by atoms with Crippen LogP contribution in [0.2, 0.25) is 0 Å². The molecule has 0 bridgehead atoms. The summed E-state index contributed by atoms with van der Waals surface area (Å²) in [4.78, 5) is 17.7. The standard InChI is InChI=1S/C22H23N3O5S2/c1-29-19-8-7-18(15-20(19)32(27,28)25-9-12-30-13-10-25)21(26)23-22-24(11-14-31-22)16-17-5-3-2-4-6-17/h2-8,11,14-15H,9-10,12-13,16H2,1H3. The fourth-order valence-electron chi connectivity index (χ4n) is 3.38. The Kier molecular flexibility index (Phi) is 6.85. The van der Waals surface area contributed by atoms with Crippen molar-refractivity contribution in [2.45, 2.75) is 11.4 Å². The minimum absolute atomic E-state index is 0.0497. The molecule has 2 aromatic carbocycles. The lowest BCUT2D eigenvalue weighted by Crippen LogP contribution is -2.40. The number of hydrogen-bond acceptors (Lipinski definition) is 6. The van der Waals surface area contributed by atoms with Gasteiger partial charge in [0.2, 0.25) is 10.0 Å². The van der Waals surface area contributed by atoms with E-state index in [4.69, 9.17) is 9.47 Å². The number of nitrogens with zero attached hydrogens (tertiary/aromatic N) is 3. The maximum atomic E-state index is 13.2. The Balaban J connectivity index is 1.66. The molecule has 1 aromatic heterocycles. The summed E-state index contributed by atoms with van der Waals surface area (Å²) < 4.78 is 40.1. The molecule has 168 valence electrons. The van der Waals surface area contributed by atoms with E-state index in [9.17, 15) is 13.2 Å². The van der Waals surface area contributed by atoms with Crippen LogP contribution in [0.3, 0.4) is 0 Å². The van der Waals surface area contributed by atoms with Crippen LogP contribution >= 0.6 is 11.3 Å². The Bertz CT molecular complexity index is 1260. The molecule has 0 spiro atoms. The van der Waals surface area contributed by atoms with Gasteiger partial charge in [-0.2, -0.15) is 9.30 Å². The summed E-state index contributed by atoms with van der Waals surface area (Å²) in [6.45, 7) is 1.74. The summed E-state index contributed by atoms with van der Waals surface area (Å²) >= 11 is 1.34. The molecule has 0 atom stereocenters. The smallest absolute Gasteiger partial charge is 0.279 e. The second-order valence-electron chi connectivity index (χ2n) is 7.10. The van der Waals surface area contributed by atoms with Gasteiger partial charge in [-0.05, 0) is 23.8 Å². The number of thiazole rings is 1. The number of methoxy groups -OCH3 is 1. The van der Waals surface area contributed by atoms with Gasteiger partial charge in [0, 0.05) is 36.8 Å². The molecule has 10 heteroatoms. The minimum Gasteiger partial charge on any atom is -0.495 e. The van der Waals surface area contributed by atoms with Crippen molar-refractivity contribution in [3.05, 3.63) is 76.0 Å². The first-order valence-corrected chi connectivity index (χ1v) is 12.3. The monoisotopic (exact) mass is 473 g/mol. The van der Waals surface area contributed by atoms with Gasteiger partial charge in [-0.3, -0.25) is 4.79 Å². The lowest BCUT2D eigenvalue weighted by atomic mass is 10.2. The number of amides is 1. The second-order valence-corrected chi connectivity index (χ2v) is 9.88. The van der Waals surface area contributed by atoms with Crippen molar-refractivity contribution in [2.24, 2.45) is 4.99 Å². The third-order valence-electron chi connectivity index (χ3n) is 5.05. The first-order valence-electron chi connectivity index (χ1n) is 10.0. The van der Waals surface area contributed by atoms with E-state index in [1.807, 2.05) is 46.5 Å². The predicted molar refractivity (Wildman–Crippen MR) is 120 cm³/mol. The third kappa shape index (κ3) is 4.83. The van der Waals surface area contributed by atoms with Crippen molar-refractivity contribution in [1.82, 2.24) is 8.87 Å². The zero-order valence-corrected chi connectivity index (χ0v) is 19.1. The number of ether oxygens (including phenoxy) is 2. The molecule has 1 saturated heterocycles. The van der Waals surface area contributed by atoms with Crippen LogP contribution in [0.5, 0.6) is 5.75 Å². The van der Waals surface area contributed by atoms with Crippen LogP contribution in [0.1, 0.15) is 15.9 Å². The molecule has 32 heavy (non-hydrogen) atoms. The Morgan fingerprint density at radius 3 is 2.62 bits per heavy atom. The summed E-state index contributed by atoms with van der Waals surface area (Å²) in [6.07, 6.45) is 1.87. The van der Waals surface area contributed by atoms with Crippen molar-refractivity contribution in [3.8, 4) is 5.75 Å².